The summed E-state index contributed by atoms with van der Waals surface area (Å²) in [6, 6.07) is 10.0. The van der Waals surface area contributed by atoms with Gasteiger partial charge in [-0.1, -0.05) is 51.1 Å². The van der Waals surface area contributed by atoms with Gasteiger partial charge < -0.3 is 25.2 Å². The SMILES string of the molecule is CC[C@@H](CNc1ccc(OC2(C(=O)O)CC2)cc1OC)NC(=O)[C@H](CC(C)C)N[C@@H](Cc1ccccc1)C(F)(F)F. The summed E-state index contributed by atoms with van der Waals surface area (Å²) in [5.41, 5.74) is -0.0588. The van der Waals surface area contributed by atoms with Crippen molar-refractivity contribution in [3.8, 4) is 11.5 Å². The molecule has 1 saturated carbocycles. The molecule has 0 bridgehead atoms. The minimum absolute atomic E-state index is 0.0111. The molecule has 0 spiro atoms. The van der Waals surface area contributed by atoms with E-state index in [1.54, 1.807) is 48.5 Å². The molecule has 1 fully saturated rings. The third-order valence-corrected chi connectivity index (χ3v) is 7.06. The molecule has 41 heavy (non-hydrogen) atoms. The summed E-state index contributed by atoms with van der Waals surface area (Å²) >= 11 is 0. The zero-order chi connectivity index (χ0) is 30.2. The third-order valence-electron chi connectivity index (χ3n) is 7.06. The Morgan fingerprint density at radius 2 is 1.78 bits per heavy atom. The van der Waals surface area contributed by atoms with Gasteiger partial charge in [0.05, 0.1) is 18.8 Å². The van der Waals surface area contributed by atoms with Crippen molar-refractivity contribution < 1.29 is 37.3 Å². The summed E-state index contributed by atoms with van der Waals surface area (Å²) in [5, 5.41) is 18.1. The summed E-state index contributed by atoms with van der Waals surface area (Å²) in [7, 11) is 1.47. The Balaban J connectivity index is 1.65. The highest BCUT2D eigenvalue weighted by Crippen LogP contribution is 2.42. The first-order valence-electron chi connectivity index (χ1n) is 13.9. The molecule has 0 unspecified atom stereocenters. The topological polar surface area (TPSA) is 109 Å². The Labute approximate surface area is 239 Å². The largest absolute Gasteiger partial charge is 0.494 e. The first-order valence-corrected chi connectivity index (χ1v) is 13.9. The number of hydrogen-bond acceptors (Lipinski definition) is 6. The fourth-order valence-electron chi connectivity index (χ4n) is 4.50. The van der Waals surface area contributed by atoms with Crippen molar-refractivity contribution in [2.75, 3.05) is 19.0 Å². The van der Waals surface area contributed by atoms with E-state index < -0.39 is 35.7 Å². The number of carboxylic acid groups (broad SMARTS) is 1. The summed E-state index contributed by atoms with van der Waals surface area (Å²) < 4.78 is 53.1. The van der Waals surface area contributed by atoms with Crippen LogP contribution >= 0.6 is 0 Å². The highest BCUT2D eigenvalue weighted by atomic mass is 19.4. The molecule has 0 saturated heterocycles. The molecule has 8 nitrogen and oxygen atoms in total. The molecule has 3 atom stereocenters. The Kier molecular flexibility index (Phi) is 10.9. The fraction of sp³-hybridized carbons (Fsp3) is 0.533. The van der Waals surface area contributed by atoms with E-state index >= 15 is 0 Å². The smallest absolute Gasteiger partial charge is 0.404 e. The van der Waals surface area contributed by atoms with E-state index in [1.807, 2.05) is 20.8 Å². The zero-order valence-electron chi connectivity index (χ0n) is 23.9. The van der Waals surface area contributed by atoms with Crippen LogP contribution in [-0.2, 0) is 16.0 Å². The lowest BCUT2D eigenvalue weighted by molar-refractivity contribution is -0.159. The van der Waals surface area contributed by atoms with E-state index in [0.717, 1.165) is 0 Å². The van der Waals surface area contributed by atoms with Crippen LogP contribution in [0.3, 0.4) is 0 Å². The quantitative estimate of drug-likeness (QED) is 0.217. The molecule has 11 heteroatoms. The molecule has 0 radical (unpaired) electrons. The normalized spacial score (nSPS) is 16.4. The lowest BCUT2D eigenvalue weighted by atomic mass is 9.99. The first kappa shape index (κ1) is 32.0. The van der Waals surface area contributed by atoms with Gasteiger partial charge in [0.2, 0.25) is 11.5 Å². The van der Waals surface area contributed by atoms with Gasteiger partial charge in [-0.3, -0.25) is 10.1 Å². The second-order valence-electron chi connectivity index (χ2n) is 10.9. The van der Waals surface area contributed by atoms with Crippen LogP contribution in [0.25, 0.3) is 0 Å². The van der Waals surface area contributed by atoms with E-state index in [-0.39, 0.29) is 24.8 Å². The van der Waals surface area contributed by atoms with Gasteiger partial charge >= 0.3 is 12.1 Å². The number of carbonyl (C=O) groups excluding carboxylic acids is 1. The Morgan fingerprint density at radius 1 is 1.10 bits per heavy atom. The number of carboxylic acids is 1. The van der Waals surface area contributed by atoms with Crippen molar-refractivity contribution in [1.29, 1.82) is 0 Å². The molecule has 0 heterocycles. The molecule has 0 aromatic heterocycles. The second-order valence-corrected chi connectivity index (χ2v) is 10.9. The number of halogens is 3. The van der Waals surface area contributed by atoms with E-state index in [9.17, 15) is 27.9 Å². The predicted octanol–water partition coefficient (Wildman–Crippen LogP) is 5.18. The molecule has 1 amide bonds. The summed E-state index contributed by atoms with van der Waals surface area (Å²) in [6.07, 6.45) is -3.17. The summed E-state index contributed by atoms with van der Waals surface area (Å²) in [4.78, 5) is 24.7. The average molecular weight is 580 g/mol. The van der Waals surface area contributed by atoms with Crippen LogP contribution in [0.5, 0.6) is 11.5 Å². The molecular formula is C30H40F3N3O5. The van der Waals surface area contributed by atoms with Crippen molar-refractivity contribution in [3.63, 3.8) is 0 Å². The molecule has 0 aliphatic heterocycles. The van der Waals surface area contributed by atoms with Crippen LogP contribution in [0.4, 0.5) is 18.9 Å². The van der Waals surface area contributed by atoms with Gasteiger partial charge in [-0.2, -0.15) is 13.2 Å². The number of ether oxygens (including phenoxy) is 2. The van der Waals surface area contributed by atoms with Gasteiger partial charge in [-0.05, 0) is 42.9 Å². The van der Waals surface area contributed by atoms with Crippen LogP contribution < -0.4 is 25.4 Å². The molecule has 1 aliphatic rings. The number of methoxy groups -OCH3 is 1. The Bertz CT molecular complexity index is 1160. The van der Waals surface area contributed by atoms with Gasteiger partial charge in [-0.15, -0.1) is 0 Å². The van der Waals surface area contributed by atoms with Crippen molar-refractivity contribution >= 4 is 17.6 Å². The number of anilines is 1. The summed E-state index contributed by atoms with van der Waals surface area (Å²) in [5.74, 6) is -0.716. The van der Waals surface area contributed by atoms with Crippen molar-refractivity contribution in [1.82, 2.24) is 10.6 Å². The van der Waals surface area contributed by atoms with Crippen molar-refractivity contribution in [2.45, 2.75) is 82.8 Å². The third kappa shape index (κ3) is 9.27. The first-order chi connectivity index (χ1) is 19.4. The molecule has 2 aromatic rings. The molecule has 4 N–H and O–H groups in total. The zero-order valence-corrected chi connectivity index (χ0v) is 23.9. The minimum atomic E-state index is -4.53. The number of nitrogens with one attached hydrogen (secondary N) is 3. The number of carbonyl (C=O) groups is 2. The van der Waals surface area contributed by atoms with Crippen LogP contribution in [0.15, 0.2) is 48.5 Å². The number of rotatable bonds is 16. The predicted molar refractivity (Wildman–Crippen MR) is 150 cm³/mol. The standard InChI is InChI=1S/C30H40F3N3O5/c1-5-21(18-34-23-12-11-22(17-25(23)40-4)41-29(13-14-29)28(38)39)35-27(37)24(15-19(2)3)36-26(30(31,32)33)16-20-9-7-6-8-10-20/h6-12,17,19,21,24,26,34,36H,5,13-16,18H2,1-4H3,(H,35,37)(H,38,39)/t21-,24-,26-/m0/s1. The van der Waals surface area contributed by atoms with Gasteiger partial charge in [0, 0.05) is 31.5 Å². The number of amides is 1. The van der Waals surface area contributed by atoms with Gasteiger partial charge in [0.25, 0.3) is 0 Å². The maximum Gasteiger partial charge on any atom is 0.404 e. The van der Waals surface area contributed by atoms with Crippen LogP contribution in [-0.4, -0.2) is 60.5 Å². The van der Waals surface area contributed by atoms with Crippen LogP contribution in [0, 0.1) is 5.92 Å². The van der Waals surface area contributed by atoms with Gasteiger partial charge in [-0.25, -0.2) is 4.79 Å². The number of aliphatic carboxylic acids is 1. The van der Waals surface area contributed by atoms with E-state index in [1.165, 1.54) is 7.11 Å². The fourth-order valence-corrected chi connectivity index (χ4v) is 4.50. The lowest BCUT2D eigenvalue weighted by Crippen LogP contribution is -2.56. The second kappa shape index (κ2) is 13.9. The highest BCUT2D eigenvalue weighted by Gasteiger charge is 2.53. The van der Waals surface area contributed by atoms with Crippen LogP contribution in [0.2, 0.25) is 0 Å². The maximum absolute atomic E-state index is 14.0. The molecule has 3 rings (SSSR count). The van der Waals surface area contributed by atoms with Gasteiger partial charge in [0.15, 0.2) is 0 Å². The lowest BCUT2D eigenvalue weighted by Gasteiger charge is -2.29. The minimum Gasteiger partial charge on any atom is -0.494 e. The monoisotopic (exact) mass is 579 g/mol. The Hall–Kier alpha value is -3.47. The average Bonchev–Trinajstić information content (AvgIpc) is 3.71. The number of alkyl halides is 3. The Morgan fingerprint density at radius 3 is 2.32 bits per heavy atom. The molecule has 1 aliphatic carbocycles. The maximum atomic E-state index is 14.0. The molecule has 2 aromatic carbocycles. The van der Waals surface area contributed by atoms with E-state index in [2.05, 4.69) is 16.0 Å². The van der Waals surface area contributed by atoms with Crippen molar-refractivity contribution in [2.24, 2.45) is 5.92 Å². The van der Waals surface area contributed by atoms with Crippen LogP contribution in [0.1, 0.15) is 52.0 Å². The highest BCUT2D eigenvalue weighted by molar-refractivity contribution is 5.82. The number of benzene rings is 2. The summed E-state index contributed by atoms with van der Waals surface area (Å²) in [6.45, 7) is 5.89. The molecular weight excluding hydrogens is 539 g/mol. The number of hydrogen-bond donors (Lipinski definition) is 4. The van der Waals surface area contributed by atoms with E-state index in [0.29, 0.717) is 48.6 Å². The van der Waals surface area contributed by atoms with E-state index in [4.69, 9.17) is 9.47 Å². The van der Waals surface area contributed by atoms with Gasteiger partial charge in [0.1, 0.15) is 17.5 Å². The van der Waals surface area contributed by atoms with Crippen molar-refractivity contribution in [3.05, 3.63) is 54.1 Å². The molecule has 226 valence electrons.